The molecule has 138 valence electrons. The molecule has 0 fully saturated rings. The summed E-state index contributed by atoms with van der Waals surface area (Å²) < 4.78 is 0. The Labute approximate surface area is 155 Å². The molecule has 2 rings (SSSR count). The largest absolute Gasteiger partial charge is 0.350 e. The second kappa shape index (κ2) is 8.13. The SMILES string of the molecule is CCN(CC(=O)NC(C)(C)C)C(=O)c1ccc(-c2ccccc2)nc1C. The third kappa shape index (κ3) is 5.15. The van der Waals surface area contributed by atoms with Gasteiger partial charge in [-0.15, -0.1) is 0 Å². The predicted molar refractivity (Wildman–Crippen MR) is 104 cm³/mol. The number of pyridine rings is 1. The summed E-state index contributed by atoms with van der Waals surface area (Å²) in [6, 6.07) is 13.5. The zero-order chi connectivity index (χ0) is 19.3. The zero-order valence-electron chi connectivity index (χ0n) is 16.2. The number of hydrogen-bond acceptors (Lipinski definition) is 3. The number of aryl methyl sites for hydroxylation is 1. The highest BCUT2D eigenvalue weighted by atomic mass is 16.2. The number of nitrogens with zero attached hydrogens (tertiary/aromatic N) is 2. The lowest BCUT2D eigenvalue weighted by Gasteiger charge is -2.25. The first-order valence-corrected chi connectivity index (χ1v) is 8.84. The van der Waals surface area contributed by atoms with E-state index >= 15 is 0 Å². The number of aromatic nitrogens is 1. The quantitative estimate of drug-likeness (QED) is 0.896. The summed E-state index contributed by atoms with van der Waals surface area (Å²) in [5.74, 6) is -0.347. The van der Waals surface area contributed by atoms with Crippen LogP contribution >= 0.6 is 0 Å². The summed E-state index contributed by atoms with van der Waals surface area (Å²) >= 11 is 0. The molecule has 2 aromatic rings. The van der Waals surface area contributed by atoms with Crippen molar-refractivity contribution in [3.8, 4) is 11.3 Å². The first-order valence-electron chi connectivity index (χ1n) is 8.84. The Morgan fingerprint density at radius 1 is 1.08 bits per heavy atom. The summed E-state index contributed by atoms with van der Waals surface area (Å²) in [6.07, 6.45) is 0. The Bertz CT molecular complexity index is 780. The van der Waals surface area contributed by atoms with Crippen LogP contribution in [0.15, 0.2) is 42.5 Å². The maximum Gasteiger partial charge on any atom is 0.256 e. The van der Waals surface area contributed by atoms with Crippen molar-refractivity contribution >= 4 is 11.8 Å². The van der Waals surface area contributed by atoms with E-state index in [1.165, 1.54) is 4.90 Å². The van der Waals surface area contributed by atoms with E-state index in [2.05, 4.69) is 10.3 Å². The van der Waals surface area contributed by atoms with Gasteiger partial charge in [-0.25, -0.2) is 0 Å². The van der Waals surface area contributed by atoms with Crippen molar-refractivity contribution < 1.29 is 9.59 Å². The molecule has 0 unspecified atom stereocenters. The number of carbonyl (C=O) groups is 2. The Kier molecular flexibility index (Phi) is 6.14. The zero-order valence-corrected chi connectivity index (χ0v) is 16.2. The molecule has 0 aliphatic carbocycles. The second-order valence-electron chi connectivity index (χ2n) is 7.31. The fraction of sp³-hybridized carbons (Fsp3) is 0.381. The Balaban J connectivity index is 2.18. The van der Waals surface area contributed by atoms with Crippen LogP contribution in [0.1, 0.15) is 43.7 Å². The molecular formula is C21H27N3O2. The summed E-state index contributed by atoms with van der Waals surface area (Å²) in [5, 5.41) is 2.89. The van der Waals surface area contributed by atoms with Gasteiger partial charge in [-0.05, 0) is 46.8 Å². The number of amides is 2. The van der Waals surface area contributed by atoms with Crippen molar-refractivity contribution in [3.05, 3.63) is 53.7 Å². The highest BCUT2D eigenvalue weighted by molar-refractivity contribution is 5.97. The van der Waals surface area contributed by atoms with Gasteiger partial charge in [0.1, 0.15) is 0 Å². The van der Waals surface area contributed by atoms with Crippen LogP contribution in [0.2, 0.25) is 0 Å². The highest BCUT2D eigenvalue weighted by Gasteiger charge is 2.22. The molecular weight excluding hydrogens is 326 g/mol. The summed E-state index contributed by atoms with van der Waals surface area (Å²) in [6.45, 7) is 9.92. The number of likely N-dealkylation sites (N-methyl/N-ethyl adjacent to an activating group) is 1. The Morgan fingerprint density at radius 2 is 1.73 bits per heavy atom. The monoisotopic (exact) mass is 353 g/mol. The lowest BCUT2D eigenvalue weighted by molar-refractivity contribution is -0.123. The van der Waals surface area contributed by atoms with Gasteiger partial charge in [-0.1, -0.05) is 30.3 Å². The first kappa shape index (κ1) is 19.6. The van der Waals surface area contributed by atoms with Gasteiger partial charge < -0.3 is 10.2 Å². The summed E-state index contributed by atoms with van der Waals surface area (Å²) in [5.41, 5.74) is 2.69. The molecule has 0 saturated heterocycles. The lowest BCUT2D eigenvalue weighted by Crippen LogP contribution is -2.47. The molecule has 5 heteroatoms. The second-order valence-corrected chi connectivity index (χ2v) is 7.31. The predicted octanol–water partition coefficient (Wildman–Crippen LogP) is 3.43. The van der Waals surface area contributed by atoms with E-state index < -0.39 is 0 Å². The van der Waals surface area contributed by atoms with Crippen molar-refractivity contribution in [2.75, 3.05) is 13.1 Å². The molecule has 0 atom stereocenters. The van der Waals surface area contributed by atoms with Crippen LogP contribution in [-0.2, 0) is 4.79 Å². The molecule has 1 N–H and O–H groups in total. The minimum absolute atomic E-state index is 0.0342. The van der Waals surface area contributed by atoms with E-state index in [1.807, 2.05) is 71.0 Å². The number of carbonyl (C=O) groups excluding carboxylic acids is 2. The number of benzene rings is 1. The van der Waals surface area contributed by atoms with Crippen molar-refractivity contribution in [3.63, 3.8) is 0 Å². The van der Waals surface area contributed by atoms with Gasteiger partial charge in [0.05, 0.1) is 23.5 Å². The summed E-state index contributed by atoms with van der Waals surface area (Å²) in [7, 11) is 0. The van der Waals surface area contributed by atoms with Crippen LogP contribution in [-0.4, -0.2) is 40.3 Å². The number of nitrogens with one attached hydrogen (secondary N) is 1. The number of rotatable bonds is 5. The van der Waals surface area contributed by atoms with Gasteiger partial charge in [0.25, 0.3) is 5.91 Å². The molecule has 1 heterocycles. The maximum absolute atomic E-state index is 12.9. The van der Waals surface area contributed by atoms with Crippen LogP contribution in [0.4, 0.5) is 0 Å². The van der Waals surface area contributed by atoms with Crippen LogP contribution < -0.4 is 5.32 Å². The average molecular weight is 353 g/mol. The van der Waals surface area contributed by atoms with Crippen molar-refractivity contribution in [2.24, 2.45) is 0 Å². The van der Waals surface area contributed by atoms with Crippen molar-refractivity contribution in [1.29, 1.82) is 0 Å². The van der Waals surface area contributed by atoms with E-state index in [1.54, 1.807) is 6.07 Å². The van der Waals surface area contributed by atoms with Crippen LogP contribution in [0.25, 0.3) is 11.3 Å². The molecule has 26 heavy (non-hydrogen) atoms. The minimum Gasteiger partial charge on any atom is -0.350 e. The average Bonchev–Trinajstić information content (AvgIpc) is 2.58. The molecule has 5 nitrogen and oxygen atoms in total. The molecule has 0 saturated carbocycles. The fourth-order valence-electron chi connectivity index (χ4n) is 2.69. The maximum atomic E-state index is 12.9. The Hall–Kier alpha value is -2.69. The lowest BCUT2D eigenvalue weighted by atomic mass is 10.1. The van der Waals surface area contributed by atoms with Crippen LogP contribution in [0.3, 0.4) is 0 Å². The molecule has 0 bridgehead atoms. The van der Waals surface area contributed by atoms with Crippen molar-refractivity contribution in [2.45, 2.75) is 40.2 Å². The topological polar surface area (TPSA) is 62.3 Å². The normalized spacial score (nSPS) is 11.1. The third-order valence-corrected chi connectivity index (χ3v) is 3.90. The fourth-order valence-corrected chi connectivity index (χ4v) is 2.69. The molecule has 0 aliphatic heterocycles. The van der Waals surface area contributed by atoms with E-state index in [0.717, 1.165) is 11.3 Å². The van der Waals surface area contributed by atoms with Gasteiger partial charge in [0, 0.05) is 17.6 Å². The Morgan fingerprint density at radius 3 is 2.27 bits per heavy atom. The summed E-state index contributed by atoms with van der Waals surface area (Å²) in [4.78, 5) is 31.1. The molecule has 0 spiro atoms. The van der Waals surface area contributed by atoms with Crippen molar-refractivity contribution in [1.82, 2.24) is 15.2 Å². The van der Waals surface area contributed by atoms with E-state index in [9.17, 15) is 9.59 Å². The number of hydrogen-bond donors (Lipinski definition) is 1. The van der Waals surface area contributed by atoms with Crippen LogP contribution in [0, 0.1) is 6.92 Å². The van der Waals surface area contributed by atoms with Gasteiger partial charge in [0.2, 0.25) is 5.91 Å². The first-order chi connectivity index (χ1) is 12.2. The van der Waals surface area contributed by atoms with E-state index in [4.69, 9.17) is 0 Å². The van der Waals surface area contributed by atoms with Gasteiger partial charge in [-0.3, -0.25) is 14.6 Å². The molecule has 2 amide bonds. The third-order valence-electron chi connectivity index (χ3n) is 3.90. The van der Waals surface area contributed by atoms with E-state index in [-0.39, 0.29) is 23.9 Å². The van der Waals surface area contributed by atoms with Crippen LogP contribution in [0.5, 0.6) is 0 Å². The van der Waals surface area contributed by atoms with Gasteiger partial charge in [-0.2, -0.15) is 0 Å². The minimum atomic E-state index is -0.325. The molecule has 1 aromatic carbocycles. The highest BCUT2D eigenvalue weighted by Crippen LogP contribution is 2.19. The molecule has 0 radical (unpaired) electrons. The van der Waals surface area contributed by atoms with Gasteiger partial charge in [0.15, 0.2) is 0 Å². The van der Waals surface area contributed by atoms with E-state index in [0.29, 0.717) is 17.8 Å². The smallest absolute Gasteiger partial charge is 0.256 e. The molecule has 0 aliphatic rings. The molecule has 1 aromatic heterocycles. The van der Waals surface area contributed by atoms with Gasteiger partial charge >= 0.3 is 0 Å². The standard InChI is InChI=1S/C21H27N3O2/c1-6-24(14-19(25)23-21(3,4)5)20(26)17-12-13-18(22-15(17)2)16-10-8-7-9-11-16/h7-13H,6,14H2,1-5H3,(H,23,25).